The van der Waals surface area contributed by atoms with Gasteiger partial charge < -0.3 is 51.2 Å². The molecule has 260 valence electrons. The summed E-state index contributed by atoms with van der Waals surface area (Å²) in [6, 6.07) is 0. The predicted molar refractivity (Wildman–Crippen MR) is 172 cm³/mol. The summed E-state index contributed by atoms with van der Waals surface area (Å²) in [5.41, 5.74) is 6.09. The van der Waals surface area contributed by atoms with Gasteiger partial charge in [0.25, 0.3) is 5.56 Å². The van der Waals surface area contributed by atoms with E-state index < -0.39 is 75.3 Å². The minimum absolute atomic E-state index is 0.0394. The highest BCUT2D eigenvalue weighted by molar-refractivity contribution is 8.32. The lowest BCUT2D eigenvalue weighted by molar-refractivity contribution is -0.0560. The quantitative estimate of drug-likeness (QED) is 0.168. The Balaban J connectivity index is 1.13. The van der Waals surface area contributed by atoms with Crippen molar-refractivity contribution in [3.63, 3.8) is 0 Å². The molecule has 7 heterocycles. The van der Waals surface area contributed by atoms with E-state index in [0.717, 1.165) is 0 Å². The van der Waals surface area contributed by atoms with Crippen molar-refractivity contribution in [1.82, 2.24) is 39.0 Å². The van der Waals surface area contributed by atoms with Crippen LogP contribution in [0.1, 0.15) is 32.7 Å². The van der Waals surface area contributed by atoms with Gasteiger partial charge >= 0.3 is 6.72 Å². The number of aromatic amines is 1. The first-order chi connectivity index (χ1) is 22.8. The summed E-state index contributed by atoms with van der Waals surface area (Å²) in [6.45, 7) is -4.85. The van der Waals surface area contributed by atoms with E-state index in [1.165, 1.54) is 28.1 Å². The molecule has 24 heteroatoms. The fraction of sp³-hybridized carbons (Fsp3) is 0.583. The second-order valence-electron chi connectivity index (χ2n) is 11.7. The van der Waals surface area contributed by atoms with Gasteiger partial charge in [-0.1, -0.05) is 13.8 Å². The number of aromatic nitrogens is 8. The zero-order valence-corrected chi connectivity index (χ0v) is 28.6. The molecule has 2 unspecified atom stereocenters. The monoisotopic (exact) mass is 747 g/mol. The van der Waals surface area contributed by atoms with Crippen molar-refractivity contribution in [2.24, 2.45) is 5.92 Å². The van der Waals surface area contributed by atoms with Crippen LogP contribution in [0.2, 0.25) is 0 Å². The van der Waals surface area contributed by atoms with Crippen molar-refractivity contribution in [2.75, 3.05) is 30.8 Å². The third-order valence-electron chi connectivity index (χ3n) is 7.85. The van der Waals surface area contributed by atoms with Gasteiger partial charge in [0.15, 0.2) is 41.8 Å². The summed E-state index contributed by atoms with van der Waals surface area (Å²) in [7, 11) is 0. The van der Waals surface area contributed by atoms with E-state index in [4.69, 9.17) is 57.4 Å². The molecular formula is C24H30FN10O9P2S2-. The molecule has 0 spiro atoms. The van der Waals surface area contributed by atoms with E-state index in [2.05, 4.69) is 35.2 Å². The number of fused-ring (bicyclic) bond motifs is 4. The van der Waals surface area contributed by atoms with Gasteiger partial charge in [0.05, 0.1) is 32.0 Å². The molecule has 5 N–H and O–H groups in total. The van der Waals surface area contributed by atoms with E-state index in [0.29, 0.717) is 6.54 Å². The van der Waals surface area contributed by atoms with E-state index >= 15 is 4.39 Å². The number of nitrogens with one attached hydrogen (secondary N) is 2. The van der Waals surface area contributed by atoms with E-state index in [1.54, 1.807) is 0 Å². The number of anilines is 2. The molecule has 3 fully saturated rings. The highest BCUT2D eigenvalue weighted by atomic mass is 32.7. The molecule has 0 aromatic carbocycles. The Morgan fingerprint density at radius 3 is 2.65 bits per heavy atom. The van der Waals surface area contributed by atoms with Crippen LogP contribution in [0.5, 0.6) is 0 Å². The SMILES string of the molecule is CC(C)CNc1nc2c(ncn2[C@H]2C[C@@H]3OP(=O)([S-])OC[C@H]4O[C@@H](n5cnc6c(N)ncnc65)[C@H](F)[C@@H]4OP(O)(=S)OC[C@H]3O2)c(=O)[nH]1. The highest BCUT2D eigenvalue weighted by Crippen LogP contribution is 2.54. The molecule has 0 bridgehead atoms. The van der Waals surface area contributed by atoms with Gasteiger partial charge in [-0.3, -0.25) is 28.0 Å². The molecule has 7 rings (SSSR count). The van der Waals surface area contributed by atoms with Crippen molar-refractivity contribution in [1.29, 1.82) is 0 Å². The van der Waals surface area contributed by atoms with Gasteiger partial charge in [0.1, 0.15) is 36.4 Å². The average Bonchev–Trinajstić information content (AvgIpc) is 3.79. The molecule has 48 heavy (non-hydrogen) atoms. The van der Waals surface area contributed by atoms with Crippen LogP contribution in [0.15, 0.2) is 23.8 Å². The summed E-state index contributed by atoms with van der Waals surface area (Å²) in [4.78, 5) is 47.2. The number of hydrogen-bond acceptors (Lipinski definition) is 17. The van der Waals surface area contributed by atoms with Crippen LogP contribution in [-0.2, 0) is 56.2 Å². The van der Waals surface area contributed by atoms with E-state index in [-0.39, 0.29) is 46.4 Å². The van der Waals surface area contributed by atoms with Gasteiger partial charge in [-0.05, 0) is 17.7 Å². The average molecular weight is 748 g/mol. The Bertz CT molecular complexity index is 2000. The summed E-state index contributed by atoms with van der Waals surface area (Å²) >= 11 is 10.4. The number of alkyl halides is 1. The summed E-state index contributed by atoms with van der Waals surface area (Å²) in [5.74, 6) is 0.602. The second-order valence-corrected chi connectivity index (χ2v) is 17.2. The summed E-state index contributed by atoms with van der Waals surface area (Å²) in [5, 5.41) is 3.07. The van der Waals surface area contributed by atoms with Crippen LogP contribution in [0.25, 0.3) is 22.3 Å². The van der Waals surface area contributed by atoms with Crippen molar-refractivity contribution in [3.05, 3.63) is 29.3 Å². The number of ether oxygens (including phenoxy) is 2. The number of hydrogen-bond donors (Lipinski definition) is 4. The lowest BCUT2D eigenvalue weighted by Gasteiger charge is -2.32. The van der Waals surface area contributed by atoms with Gasteiger partial charge in [0.2, 0.25) is 5.95 Å². The van der Waals surface area contributed by atoms with Crippen LogP contribution in [-0.4, -0.2) is 94.3 Å². The number of nitrogens with two attached hydrogens (primary N) is 1. The van der Waals surface area contributed by atoms with Crippen molar-refractivity contribution >= 4 is 71.7 Å². The van der Waals surface area contributed by atoms with Gasteiger partial charge in [0, 0.05) is 13.0 Å². The van der Waals surface area contributed by atoms with E-state index in [9.17, 15) is 14.3 Å². The lowest BCUT2D eigenvalue weighted by Crippen LogP contribution is -2.35. The first-order valence-electron chi connectivity index (χ1n) is 14.7. The molecule has 0 amide bonds. The van der Waals surface area contributed by atoms with Crippen LogP contribution in [0.3, 0.4) is 0 Å². The van der Waals surface area contributed by atoms with Crippen molar-refractivity contribution < 1.29 is 41.4 Å². The number of halogens is 1. The molecule has 19 nitrogen and oxygen atoms in total. The second kappa shape index (κ2) is 12.9. The molecule has 3 aliphatic rings. The first kappa shape index (κ1) is 33.9. The molecule has 4 aromatic heterocycles. The fourth-order valence-electron chi connectivity index (χ4n) is 5.60. The standard InChI is InChI=1S/C24H31FN10O9P2S2/c1-10(2)4-27-24-32-21-17(22(36)33-24)31-8-34(21)14-3-11-12(41-14)5-39-46(38,48)44-18-13(6-40-45(37,47)43-11)42-23(15(18)25)35-9-30-16-19(26)28-7-29-20(16)35/h7-15,18,23H,3-6H2,1-2H3,(H,37,47)(H,38,48)(H2,26,28,29)(H2,27,32,33,36)/p-1/t11-,12+,13+,14+,15+,18+,23+,45?,46?/m0/s1. The number of nitrogens with zero attached hydrogens (tertiary/aromatic N) is 7. The number of rotatable bonds is 5. The predicted octanol–water partition coefficient (Wildman–Crippen LogP) is 1.82. The Kier molecular flexibility index (Phi) is 9.12. The Hall–Kier alpha value is -2.62. The van der Waals surface area contributed by atoms with Gasteiger partial charge in [-0.2, -0.15) is 4.98 Å². The molecule has 3 saturated heterocycles. The molecule has 0 saturated carbocycles. The van der Waals surface area contributed by atoms with Gasteiger partial charge in [-0.15, -0.1) is 0 Å². The van der Waals surface area contributed by atoms with Crippen LogP contribution >= 0.6 is 13.5 Å². The lowest BCUT2D eigenvalue weighted by atomic mass is 10.1. The normalized spacial score (nSPS) is 34.6. The van der Waals surface area contributed by atoms with Crippen LogP contribution < -0.4 is 16.6 Å². The highest BCUT2D eigenvalue weighted by Gasteiger charge is 2.51. The Labute approximate surface area is 281 Å². The maximum Gasteiger partial charge on any atom is 0.325 e. The summed E-state index contributed by atoms with van der Waals surface area (Å²) < 4.78 is 66.9. The molecule has 0 radical (unpaired) electrons. The largest absolute Gasteiger partial charge is 0.660 e. The third-order valence-corrected chi connectivity index (χ3v) is 11.0. The minimum atomic E-state index is -4.27. The molecule has 0 aliphatic carbocycles. The van der Waals surface area contributed by atoms with Crippen molar-refractivity contribution in [3.8, 4) is 0 Å². The van der Waals surface area contributed by atoms with Crippen LogP contribution in [0, 0.1) is 5.92 Å². The number of H-pyrrole nitrogens is 1. The minimum Gasteiger partial charge on any atom is -0.660 e. The molecular weight excluding hydrogens is 717 g/mol. The first-order valence-corrected chi connectivity index (χ1v) is 19.8. The smallest absolute Gasteiger partial charge is 0.325 e. The maximum atomic E-state index is 16.1. The van der Waals surface area contributed by atoms with Crippen molar-refractivity contribution in [2.45, 2.75) is 63.3 Å². The number of imidazole rings is 2. The zero-order chi connectivity index (χ0) is 34.0. The summed E-state index contributed by atoms with van der Waals surface area (Å²) in [6.07, 6.45) is -5.18. The van der Waals surface area contributed by atoms with Gasteiger partial charge in [-0.25, -0.2) is 24.3 Å². The maximum absolute atomic E-state index is 16.1. The zero-order valence-electron chi connectivity index (χ0n) is 25.2. The number of nitrogen functional groups attached to an aromatic ring is 1. The Morgan fingerprint density at radius 1 is 1.10 bits per heavy atom. The fourth-order valence-corrected chi connectivity index (χ4v) is 8.50. The van der Waals surface area contributed by atoms with Crippen LogP contribution in [0.4, 0.5) is 16.2 Å². The third kappa shape index (κ3) is 6.63. The Morgan fingerprint density at radius 2 is 1.85 bits per heavy atom. The van der Waals surface area contributed by atoms with E-state index in [1.807, 2.05) is 13.8 Å². The molecule has 4 aromatic rings. The topological polar surface area (TPSA) is 238 Å². The molecule has 3 aliphatic heterocycles. The molecule has 9 atom stereocenters.